The summed E-state index contributed by atoms with van der Waals surface area (Å²) in [5.41, 5.74) is 1.71. The van der Waals surface area contributed by atoms with Crippen molar-refractivity contribution in [2.75, 3.05) is 13.6 Å². The number of hydrogen-bond donors (Lipinski definition) is 1. The van der Waals surface area contributed by atoms with Crippen molar-refractivity contribution in [3.63, 3.8) is 0 Å². The van der Waals surface area contributed by atoms with Gasteiger partial charge in [-0.3, -0.25) is 0 Å². The molecule has 3 nitrogen and oxygen atoms in total. The van der Waals surface area contributed by atoms with E-state index in [1.54, 1.807) is 0 Å². The molecular weight excluding hydrogens is 247 g/mol. The Balaban J connectivity index is 0.000000360. The summed E-state index contributed by atoms with van der Waals surface area (Å²) < 4.78 is 31.7. The molecule has 0 spiro atoms. The van der Waals surface area contributed by atoms with Gasteiger partial charge >= 0.3 is 12.1 Å². The van der Waals surface area contributed by atoms with Gasteiger partial charge in [-0.25, -0.2) is 4.79 Å². The molecule has 1 saturated heterocycles. The van der Waals surface area contributed by atoms with Gasteiger partial charge in [0, 0.05) is 12.1 Å². The Morgan fingerprint density at radius 3 is 2.17 bits per heavy atom. The average Bonchev–Trinajstić information content (AvgIpc) is 2.21. The lowest BCUT2D eigenvalue weighted by atomic mass is 9.78. The van der Waals surface area contributed by atoms with E-state index in [2.05, 4.69) is 39.3 Å². The highest BCUT2D eigenvalue weighted by atomic mass is 19.4. The van der Waals surface area contributed by atoms with Crippen LogP contribution in [0.15, 0.2) is 12.2 Å². The highest BCUT2D eigenvalue weighted by molar-refractivity contribution is 5.73. The normalized spacial score (nSPS) is 24.2. The number of carboxylic acid groups (broad SMARTS) is 1. The topological polar surface area (TPSA) is 40.5 Å². The maximum absolute atomic E-state index is 10.6. The molecule has 0 aliphatic carbocycles. The van der Waals surface area contributed by atoms with Crippen molar-refractivity contribution in [1.29, 1.82) is 0 Å². The van der Waals surface area contributed by atoms with E-state index < -0.39 is 12.1 Å². The molecule has 0 aromatic heterocycles. The van der Waals surface area contributed by atoms with Crippen LogP contribution in [0.5, 0.6) is 0 Å². The lowest BCUT2D eigenvalue weighted by Gasteiger charge is -2.46. The van der Waals surface area contributed by atoms with E-state index >= 15 is 0 Å². The van der Waals surface area contributed by atoms with Crippen molar-refractivity contribution in [2.45, 2.75) is 38.9 Å². The van der Waals surface area contributed by atoms with Crippen LogP contribution in [0.3, 0.4) is 0 Å². The molecule has 106 valence electrons. The van der Waals surface area contributed by atoms with Crippen LogP contribution in [-0.4, -0.2) is 41.3 Å². The summed E-state index contributed by atoms with van der Waals surface area (Å²) in [5.74, 6) is -2.13. The molecule has 1 N–H and O–H groups in total. The van der Waals surface area contributed by atoms with Crippen molar-refractivity contribution < 1.29 is 23.1 Å². The molecule has 1 aliphatic rings. The first-order chi connectivity index (χ1) is 7.90. The first-order valence-electron chi connectivity index (χ1n) is 5.59. The van der Waals surface area contributed by atoms with Crippen LogP contribution in [0, 0.1) is 5.92 Å². The van der Waals surface area contributed by atoms with Crippen molar-refractivity contribution in [2.24, 2.45) is 5.92 Å². The van der Waals surface area contributed by atoms with E-state index in [0.717, 1.165) is 6.54 Å². The second-order valence-electron chi connectivity index (χ2n) is 5.01. The minimum atomic E-state index is -5.08. The molecule has 0 radical (unpaired) electrons. The highest BCUT2D eigenvalue weighted by Crippen LogP contribution is 2.34. The molecule has 1 atom stereocenters. The summed E-state index contributed by atoms with van der Waals surface area (Å²) in [6.45, 7) is 12.1. The van der Waals surface area contributed by atoms with Crippen LogP contribution in [0.25, 0.3) is 0 Å². The molecule has 1 fully saturated rings. The van der Waals surface area contributed by atoms with E-state index in [1.807, 2.05) is 0 Å². The van der Waals surface area contributed by atoms with Crippen LogP contribution in [0.4, 0.5) is 13.2 Å². The van der Waals surface area contributed by atoms with Crippen molar-refractivity contribution >= 4 is 5.97 Å². The number of alkyl halides is 3. The van der Waals surface area contributed by atoms with Gasteiger partial charge in [0.1, 0.15) is 0 Å². The zero-order chi connectivity index (χ0) is 14.7. The quantitative estimate of drug-likeness (QED) is 0.686. The fourth-order valence-corrected chi connectivity index (χ4v) is 1.65. The molecule has 6 heteroatoms. The van der Waals surface area contributed by atoms with E-state index in [9.17, 15) is 13.2 Å². The zero-order valence-electron chi connectivity index (χ0n) is 11.1. The molecule has 0 aromatic carbocycles. The van der Waals surface area contributed by atoms with Crippen molar-refractivity contribution in [3.8, 4) is 0 Å². The number of hydrogen-bond acceptors (Lipinski definition) is 2. The van der Waals surface area contributed by atoms with Gasteiger partial charge in [0.2, 0.25) is 0 Å². The number of nitrogens with zero attached hydrogens (tertiary/aromatic N) is 1. The van der Waals surface area contributed by atoms with Gasteiger partial charge in [-0.1, -0.05) is 19.1 Å². The molecule has 0 aromatic rings. The summed E-state index contributed by atoms with van der Waals surface area (Å²) in [5, 5.41) is 7.12. The van der Waals surface area contributed by atoms with Gasteiger partial charge in [0.05, 0.1) is 0 Å². The molecular formula is C12H20F3NO2. The second-order valence-corrected chi connectivity index (χ2v) is 5.01. The van der Waals surface area contributed by atoms with Gasteiger partial charge in [-0.2, -0.15) is 13.2 Å². The minimum absolute atomic E-state index is 0.301. The number of carbonyl (C=O) groups is 1. The number of aliphatic carboxylic acids is 1. The van der Waals surface area contributed by atoms with Crippen LogP contribution in [0.1, 0.15) is 27.2 Å². The lowest BCUT2D eigenvalue weighted by Crippen LogP contribution is -2.50. The molecule has 1 heterocycles. The monoisotopic (exact) mass is 267 g/mol. The highest BCUT2D eigenvalue weighted by Gasteiger charge is 2.38. The van der Waals surface area contributed by atoms with E-state index in [-0.39, 0.29) is 0 Å². The second kappa shape index (κ2) is 5.73. The SMILES string of the molecule is C=C1CCN(C)C(C)(C)C1C.O=C(O)C(F)(F)F. The Morgan fingerprint density at radius 1 is 1.50 bits per heavy atom. The third-order valence-corrected chi connectivity index (χ3v) is 3.67. The summed E-state index contributed by atoms with van der Waals surface area (Å²) in [6.07, 6.45) is -3.92. The fraction of sp³-hybridized carbons (Fsp3) is 0.750. The Hall–Kier alpha value is -1.04. The predicted molar refractivity (Wildman–Crippen MR) is 63.3 cm³/mol. The van der Waals surface area contributed by atoms with Crippen LogP contribution in [0.2, 0.25) is 0 Å². The van der Waals surface area contributed by atoms with Crippen LogP contribution < -0.4 is 0 Å². The third-order valence-electron chi connectivity index (χ3n) is 3.67. The van der Waals surface area contributed by atoms with Gasteiger partial charge in [0.15, 0.2) is 0 Å². The van der Waals surface area contributed by atoms with Gasteiger partial charge < -0.3 is 10.0 Å². The summed E-state index contributed by atoms with van der Waals surface area (Å²) in [4.78, 5) is 11.3. The molecule has 1 aliphatic heterocycles. The third kappa shape index (κ3) is 4.33. The van der Waals surface area contributed by atoms with Crippen molar-refractivity contribution in [1.82, 2.24) is 4.90 Å². The fourth-order valence-electron chi connectivity index (χ4n) is 1.65. The predicted octanol–water partition coefficient (Wildman–Crippen LogP) is 2.93. The molecule has 0 bridgehead atoms. The number of carboxylic acids is 1. The maximum atomic E-state index is 10.6. The number of rotatable bonds is 0. The first-order valence-corrected chi connectivity index (χ1v) is 5.59. The Labute approximate surface area is 105 Å². The lowest BCUT2D eigenvalue weighted by molar-refractivity contribution is -0.192. The standard InChI is InChI=1S/C10H19N.C2HF3O2/c1-8-6-7-11(5)10(3,4)9(8)2;3-2(4,5)1(6)7/h9H,1,6-7H2,2-5H3;(H,6,7). The van der Waals surface area contributed by atoms with Crippen molar-refractivity contribution in [3.05, 3.63) is 12.2 Å². The van der Waals surface area contributed by atoms with Gasteiger partial charge in [-0.15, -0.1) is 0 Å². The zero-order valence-corrected chi connectivity index (χ0v) is 11.1. The van der Waals surface area contributed by atoms with Gasteiger partial charge in [0.25, 0.3) is 0 Å². The number of halogens is 3. The first kappa shape index (κ1) is 17.0. The molecule has 0 saturated carbocycles. The summed E-state index contributed by atoms with van der Waals surface area (Å²) in [7, 11) is 2.20. The Morgan fingerprint density at radius 2 is 1.89 bits per heavy atom. The molecule has 0 amide bonds. The molecule has 1 rings (SSSR count). The summed E-state index contributed by atoms with van der Waals surface area (Å²) in [6, 6.07) is 0. The maximum Gasteiger partial charge on any atom is 0.490 e. The number of likely N-dealkylation sites (tertiary alicyclic amines) is 1. The van der Waals surface area contributed by atoms with E-state index in [4.69, 9.17) is 9.90 Å². The Kier molecular flexibility index (Phi) is 5.40. The average molecular weight is 267 g/mol. The molecule has 18 heavy (non-hydrogen) atoms. The molecule has 1 unspecified atom stereocenters. The largest absolute Gasteiger partial charge is 0.490 e. The number of piperidine rings is 1. The van der Waals surface area contributed by atoms with Crippen LogP contribution >= 0.6 is 0 Å². The minimum Gasteiger partial charge on any atom is -0.475 e. The van der Waals surface area contributed by atoms with E-state index in [0.29, 0.717) is 11.5 Å². The van der Waals surface area contributed by atoms with E-state index in [1.165, 1.54) is 12.0 Å². The summed E-state index contributed by atoms with van der Waals surface area (Å²) >= 11 is 0. The van der Waals surface area contributed by atoms with Crippen LogP contribution in [-0.2, 0) is 4.79 Å². The smallest absolute Gasteiger partial charge is 0.475 e. The Bertz CT molecular complexity index is 324. The van der Waals surface area contributed by atoms with Gasteiger partial charge in [-0.05, 0) is 33.2 Å².